The maximum Gasteiger partial charge on any atom is 0.236 e. The zero-order valence-electron chi connectivity index (χ0n) is 12.7. The van der Waals surface area contributed by atoms with Gasteiger partial charge in [0.05, 0.1) is 6.54 Å². The van der Waals surface area contributed by atoms with Crippen LogP contribution in [0.3, 0.4) is 0 Å². The molecule has 2 saturated heterocycles. The van der Waals surface area contributed by atoms with Gasteiger partial charge in [0, 0.05) is 59.3 Å². The van der Waals surface area contributed by atoms with Crippen LogP contribution in [0, 0.1) is 0 Å². The normalized spacial score (nSPS) is 22.1. The predicted octanol–water partition coefficient (Wildman–Crippen LogP) is -0.685. The van der Waals surface area contributed by atoms with E-state index in [0.29, 0.717) is 32.7 Å². The van der Waals surface area contributed by atoms with E-state index in [4.69, 9.17) is 0 Å². The van der Waals surface area contributed by atoms with Gasteiger partial charge >= 0.3 is 0 Å². The quantitative estimate of drug-likeness (QED) is 0.688. The van der Waals surface area contributed by atoms with E-state index in [1.165, 1.54) is 0 Å². The molecule has 0 aromatic rings. The summed E-state index contributed by atoms with van der Waals surface area (Å²) in [5, 5.41) is 0. The van der Waals surface area contributed by atoms with Crippen LogP contribution in [0.1, 0.15) is 13.8 Å². The molecule has 0 N–H and O–H groups in total. The van der Waals surface area contributed by atoms with Gasteiger partial charge in [-0.2, -0.15) is 0 Å². The van der Waals surface area contributed by atoms with E-state index in [2.05, 4.69) is 16.7 Å². The molecule has 0 aromatic carbocycles. The highest BCUT2D eigenvalue weighted by atomic mass is 16.2. The number of amides is 2. The van der Waals surface area contributed by atoms with E-state index in [0.717, 1.165) is 32.7 Å². The second-order valence-corrected chi connectivity index (χ2v) is 5.60. The molecule has 2 heterocycles. The van der Waals surface area contributed by atoms with Gasteiger partial charge in [-0.3, -0.25) is 14.5 Å². The molecule has 0 aromatic heterocycles. The van der Waals surface area contributed by atoms with Crippen LogP contribution in [0.25, 0.3) is 0 Å². The molecule has 0 atom stereocenters. The second-order valence-electron chi connectivity index (χ2n) is 5.60. The summed E-state index contributed by atoms with van der Waals surface area (Å²) in [4.78, 5) is 31.9. The van der Waals surface area contributed by atoms with E-state index < -0.39 is 0 Å². The molecule has 2 amide bonds. The lowest BCUT2D eigenvalue weighted by Gasteiger charge is -2.37. The predicted molar refractivity (Wildman–Crippen MR) is 77.4 cm³/mol. The first kappa shape index (κ1) is 15.3. The van der Waals surface area contributed by atoms with Crippen LogP contribution in [-0.4, -0.2) is 96.9 Å². The van der Waals surface area contributed by atoms with Crippen LogP contribution in [0.4, 0.5) is 0 Å². The molecular weight excluding hydrogens is 256 g/mol. The van der Waals surface area contributed by atoms with Crippen LogP contribution >= 0.6 is 0 Å². The van der Waals surface area contributed by atoms with Crippen molar-refractivity contribution in [2.75, 3.05) is 65.4 Å². The maximum atomic E-state index is 12.3. The molecule has 0 spiro atoms. The summed E-state index contributed by atoms with van der Waals surface area (Å²) in [7, 11) is 0. The average Bonchev–Trinajstić information content (AvgIpc) is 2.48. The molecular formula is C14H26N4O2. The van der Waals surface area contributed by atoms with Gasteiger partial charge in [-0.1, -0.05) is 6.92 Å². The molecule has 2 aliphatic rings. The Morgan fingerprint density at radius 3 is 1.80 bits per heavy atom. The Bertz CT molecular complexity index is 345. The summed E-state index contributed by atoms with van der Waals surface area (Å²) in [5.74, 6) is 0.311. The van der Waals surface area contributed by atoms with E-state index in [-0.39, 0.29) is 11.8 Å². The minimum atomic E-state index is 0.104. The highest BCUT2D eigenvalue weighted by Crippen LogP contribution is 2.05. The average molecular weight is 282 g/mol. The second kappa shape index (κ2) is 7.04. The van der Waals surface area contributed by atoms with Crippen molar-refractivity contribution < 1.29 is 9.59 Å². The van der Waals surface area contributed by atoms with Crippen molar-refractivity contribution in [2.24, 2.45) is 0 Å². The molecule has 0 bridgehead atoms. The first-order valence-electron chi connectivity index (χ1n) is 7.58. The number of carbonyl (C=O) groups is 2. The molecule has 6 heteroatoms. The monoisotopic (exact) mass is 282 g/mol. The fraction of sp³-hybridized carbons (Fsp3) is 0.857. The highest BCUT2D eigenvalue weighted by molar-refractivity contribution is 5.79. The fourth-order valence-electron chi connectivity index (χ4n) is 2.83. The van der Waals surface area contributed by atoms with Crippen molar-refractivity contribution in [2.45, 2.75) is 13.8 Å². The Hall–Kier alpha value is -1.14. The minimum Gasteiger partial charge on any atom is -0.339 e. The zero-order valence-corrected chi connectivity index (χ0v) is 12.7. The van der Waals surface area contributed by atoms with Gasteiger partial charge in [-0.05, 0) is 6.54 Å². The first-order valence-corrected chi connectivity index (χ1v) is 7.58. The van der Waals surface area contributed by atoms with Crippen LogP contribution in [0.2, 0.25) is 0 Å². The Balaban J connectivity index is 1.72. The van der Waals surface area contributed by atoms with Crippen molar-refractivity contribution in [1.82, 2.24) is 19.6 Å². The van der Waals surface area contributed by atoms with Crippen molar-refractivity contribution in [3.05, 3.63) is 0 Å². The van der Waals surface area contributed by atoms with Crippen LogP contribution in [0.5, 0.6) is 0 Å². The summed E-state index contributed by atoms with van der Waals surface area (Å²) < 4.78 is 0. The molecule has 2 aliphatic heterocycles. The molecule has 0 radical (unpaired) electrons. The van der Waals surface area contributed by atoms with Gasteiger partial charge in [0.2, 0.25) is 11.8 Å². The molecule has 2 rings (SSSR count). The third-order valence-corrected chi connectivity index (χ3v) is 4.35. The lowest BCUT2D eigenvalue weighted by atomic mass is 10.2. The Morgan fingerprint density at radius 1 is 0.800 bits per heavy atom. The number of hydrogen-bond donors (Lipinski definition) is 0. The lowest BCUT2D eigenvalue weighted by molar-refractivity contribution is -0.139. The largest absolute Gasteiger partial charge is 0.339 e. The SMILES string of the molecule is CCN1CCN(CC(=O)N2CCN(C(C)=O)CC2)CC1. The summed E-state index contributed by atoms with van der Waals surface area (Å²) in [6.07, 6.45) is 0. The summed E-state index contributed by atoms with van der Waals surface area (Å²) in [6.45, 7) is 12.1. The van der Waals surface area contributed by atoms with Crippen LogP contribution < -0.4 is 0 Å². The Kier molecular flexibility index (Phi) is 5.37. The van der Waals surface area contributed by atoms with Crippen molar-refractivity contribution in [3.63, 3.8) is 0 Å². The highest BCUT2D eigenvalue weighted by Gasteiger charge is 2.24. The minimum absolute atomic E-state index is 0.104. The molecule has 20 heavy (non-hydrogen) atoms. The van der Waals surface area contributed by atoms with Gasteiger partial charge in [-0.15, -0.1) is 0 Å². The fourth-order valence-corrected chi connectivity index (χ4v) is 2.83. The van der Waals surface area contributed by atoms with E-state index in [1.807, 2.05) is 9.80 Å². The van der Waals surface area contributed by atoms with Gasteiger partial charge in [0.25, 0.3) is 0 Å². The van der Waals surface area contributed by atoms with E-state index in [9.17, 15) is 9.59 Å². The number of likely N-dealkylation sites (N-methyl/N-ethyl adjacent to an activating group) is 1. The molecule has 2 fully saturated rings. The number of carbonyl (C=O) groups excluding carboxylic acids is 2. The van der Waals surface area contributed by atoms with Gasteiger partial charge in [0.1, 0.15) is 0 Å². The standard InChI is InChI=1S/C14H26N4O2/c1-3-15-4-6-16(7-5-15)12-14(20)18-10-8-17(9-11-18)13(2)19/h3-12H2,1-2H3. The van der Waals surface area contributed by atoms with Crippen molar-refractivity contribution >= 4 is 11.8 Å². The van der Waals surface area contributed by atoms with E-state index in [1.54, 1.807) is 6.92 Å². The van der Waals surface area contributed by atoms with Crippen LogP contribution in [0.15, 0.2) is 0 Å². The van der Waals surface area contributed by atoms with Gasteiger partial charge in [-0.25, -0.2) is 0 Å². The third-order valence-electron chi connectivity index (χ3n) is 4.35. The van der Waals surface area contributed by atoms with E-state index >= 15 is 0 Å². The first-order chi connectivity index (χ1) is 9.60. The molecule has 6 nitrogen and oxygen atoms in total. The summed E-state index contributed by atoms with van der Waals surface area (Å²) >= 11 is 0. The van der Waals surface area contributed by atoms with Crippen LogP contribution in [-0.2, 0) is 9.59 Å². The van der Waals surface area contributed by atoms with Crippen molar-refractivity contribution in [1.29, 1.82) is 0 Å². The van der Waals surface area contributed by atoms with Crippen molar-refractivity contribution in [3.8, 4) is 0 Å². The lowest BCUT2D eigenvalue weighted by Crippen LogP contribution is -2.54. The van der Waals surface area contributed by atoms with Gasteiger partial charge < -0.3 is 14.7 Å². The number of nitrogens with zero attached hydrogens (tertiary/aromatic N) is 4. The topological polar surface area (TPSA) is 47.1 Å². The van der Waals surface area contributed by atoms with Gasteiger partial charge in [0.15, 0.2) is 0 Å². The molecule has 0 saturated carbocycles. The maximum absolute atomic E-state index is 12.3. The number of piperazine rings is 2. The molecule has 114 valence electrons. The summed E-state index contributed by atoms with van der Waals surface area (Å²) in [6, 6.07) is 0. The summed E-state index contributed by atoms with van der Waals surface area (Å²) in [5.41, 5.74) is 0. The molecule has 0 unspecified atom stereocenters. The number of hydrogen-bond acceptors (Lipinski definition) is 4. The number of rotatable bonds is 3. The Labute approximate surface area is 121 Å². The third kappa shape index (κ3) is 3.93. The molecule has 0 aliphatic carbocycles. The Morgan fingerprint density at radius 2 is 1.30 bits per heavy atom. The smallest absolute Gasteiger partial charge is 0.236 e. The zero-order chi connectivity index (χ0) is 14.5.